The van der Waals surface area contributed by atoms with Crippen LogP contribution in [-0.4, -0.2) is 10.1 Å². The van der Waals surface area contributed by atoms with Gasteiger partial charge in [-0.1, -0.05) is 48.0 Å². The molecule has 1 aliphatic rings. The average Bonchev–Trinajstić information content (AvgIpc) is 2.73. The third kappa shape index (κ3) is 2.90. The lowest BCUT2D eigenvalue weighted by atomic mass is 9.92. The highest BCUT2D eigenvalue weighted by molar-refractivity contribution is 6.30. The van der Waals surface area contributed by atoms with Gasteiger partial charge >= 0.3 is 0 Å². The molecular formula is C24H16ClNO2. The molecule has 0 amide bonds. The lowest BCUT2D eigenvalue weighted by Gasteiger charge is -2.23. The molecule has 3 aromatic carbocycles. The van der Waals surface area contributed by atoms with Crippen molar-refractivity contribution in [2.75, 3.05) is 0 Å². The number of phenols is 1. The molecule has 0 aliphatic carbocycles. The van der Waals surface area contributed by atoms with Crippen molar-refractivity contribution in [3.05, 3.63) is 89.4 Å². The van der Waals surface area contributed by atoms with Crippen molar-refractivity contribution in [1.29, 1.82) is 0 Å². The Bertz CT molecular complexity index is 1190. The number of aromatic hydroxyl groups is 1. The van der Waals surface area contributed by atoms with E-state index < -0.39 is 0 Å². The molecule has 0 spiro atoms. The zero-order valence-electron chi connectivity index (χ0n) is 14.9. The van der Waals surface area contributed by atoms with E-state index in [9.17, 15) is 5.11 Å². The van der Waals surface area contributed by atoms with Crippen molar-refractivity contribution in [3.8, 4) is 45.1 Å². The standard InChI is InChI=1S/C24H16ClNO2/c25-17-5-3-4-16(12-17)22-13-20(15-8-10-18(27)11-9-15)21-14-28-23-7-2-1-6-19(23)24(21)26-22/h1-13,27H,14H2. The quantitative estimate of drug-likeness (QED) is 0.438. The highest BCUT2D eigenvalue weighted by atomic mass is 35.5. The van der Waals surface area contributed by atoms with Crippen LogP contribution in [0.15, 0.2) is 78.9 Å². The summed E-state index contributed by atoms with van der Waals surface area (Å²) in [6.07, 6.45) is 0. The molecule has 0 bridgehead atoms. The molecule has 0 fully saturated rings. The van der Waals surface area contributed by atoms with Crippen molar-refractivity contribution in [2.24, 2.45) is 0 Å². The molecule has 1 aliphatic heterocycles. The van der Waals surface area contributed by atoms with Crippen LogP contribution in [-0.2, 0) is 6.61 Å². The average molecular weight is 386 g/mol. The molecule has 2 heterocycles. The topological polar surface area (TPSA) is 42.4 Å². The first kappa shape index (κ1) is 16.8. The van der Waals surface area contributed by atoms with Gasteiger partial charge in [-0.3, -0.25) is 0 Å². The molecule has 136 valence electrons. The molecule has 4 heteroatoms. The maximum Gasteiger partial charge on any atom is 0.129 e. The number of hydrogen-bond acceptors (Lipinski definition) is 3. The van der Waals surface area contributed by atoms with Crippen molar-refractivity contribution in [2.45, 2.75) is 6.61 Å². The fourth-order valence-corrected chi connectivity index (χ4v) is 3.76. The Hall–Kier alpha value is -3.30. The van der Waals surface area contributed by atoms with E-state index in [2.05, 4.69) is 6.07 Å². The first-order valence-corrected chi connectivity index (χ1v) is 9.38. The van der Waals surface area contributed by atoms with Crippen LogP contribution in [0.3, 0.4) is 0 Å². The van der Waals surface area contributed by atoms with Crippen LogP contribution >= 0.6 is 11.6 Å². The van der Waals surface area contributed by atoms with Crippen molar-refractivity contribution < 1.29 is 9.84 Å². The molecule has 0 atom stereocenters. The Morgan fingerprint density at radius 3 is 2.46 bits per heavy atom. The van der Waals surface area contributed by atoms with Crippen molar-refractivity contribution in [3.63, 3.8) is 0 Å². The summed E-state index contributed by atoms with van der Waals surface area (Å²) in [6, 6.07) is 24.9. The Balaban J connectivity index is 1.79. The molecule has 5 rings (SSSR count). The summed E-state index contributed by atoms with van der Waals surface area (Å²) in [5, 5.41) is 10.4. The van der Waals surface area contributed by atoms with Crippen LogP contribution < -0.4 is 4.74 Å². The van der Waals surface area contributed by atoms with Crippen molar-refractivity contribution >= 4 is 11.6 Å². The van der Waals surface area contributed by atoms with Gasteiger partial charge in [-0.15, -0.1) is 0 Å². The van der Waals surface area contributed by atoms with Gasteiger partial charge in [0.2, 0.25) is 0 Å². The third-order valence-electron chi connectivity index (χ3n) is 4.94. The van der Waals surface area contributed by atoms with E-state index >= 15 is 0 Å². The van der Waals surface area contributed by atoms with Gasteiger partial charge in [-0.2, -0.15) is 0 Å². The summed E-state index contributed by atoms with van der Waals surface area (Å²) < 4.78 is 5.99. The molecule has 28 heavy (non-hydrogen) atoms. The monoisotopic (exact) mass is 385 g/mol. The summed E-state index contributed by atoms with van der Waals surface area (Å²) in [7, 11) is 0. The smallest absolute Gasteiger partial charge is 0.129 e. The number of hydrogen-bond donors (Lipinski definition) is 1. The van der Waals surface area contributed by atoms with E-state index in [1.807, 2.05) is 60.7 Å². The number of fused-ring (bicyclic) bond motifs is 3. The second-order valence-corrected chi connectivity index (χ2v) is 7.16. The summed E-state index contributed by atoms with van der Waals surface area (Å²) in [5.74, 6) is 1.07. The molecule has 0 unspecified atom stereocenters. The van der Waals surface area contributed by atoms with Gasteiger partial charge in [0.15, 0.2) is 0 Å². The van der Waals surface area contributed by atoms with Gasteiger partial charge in [0.25, 0.3) is 0 Å². The fourth-order valence-electron chi connectivity index (χ4n) is 3.57. The summed E-state index contributed by atoms with van der Waals surface area (Å²) in [6.45, 7) is 0.450. The number of para-hydroxylation sites is 1. The number of halogens is 1. The third-order valence-corrected chi connectivity index (χ3v) is 5.17. The number of pyridine rings is 1. The molecule has 0 saturated heterocycles. The number of aromatic nitrogens is 1. The number of nitrogens with zero attached hydrogens (tertiary/aromatic N) is 1. The second kappa shape index (κ2) is 6.70. The van der Waals surface area contributed by atoms with Gasteiger partial charge < -0.3 is 9.84 Å². The Labute approximate surface area is 167 Å². The number of phenolic OH excluding ortho intramolecular Hbond substituents is 1. The highest BCUT2D eigenvalue weighted by Crippen LogP contribution is 2.42. The zero-order valence-corrected chi connectivity index (χ0v) is 15.6. The van der Waals surface area contributed by atoms with Crippen LogP contribution in [0.4, 0.5) is 0 Å². The maximum atomic E-state index is 9.68. The fraction of sp³-hybridized carbons (Fsp3) is 0.0417. The number of ether oxygens (including phenoxy) is 1. The second-order valence-electron chi connectivity index (χ2n) is 6.72. The first-order valence-electron chi connectivity index (χ1n) is 9.00. The molecule has 1 N–H and O–H groups in total. The predicted octanol–water partition coefficient (Wildman–Crippen LogP) is 6.33. The lowest BCUT2D eigenvalue weighted by Crippen LogP contribution is -2.09. The van der Waals surface area contributed by atoms with Crippen LogP contribution in [0.25, 0.3) is 33.6 Å². The number of benzene rings is 3. The maximum absolute atomic E-state index is 9.68. The van der Waals surface area contributed by atoms with Crippen LogP contribution in [0.2, 0.25) is 5.02 Å². The van der Waals surface area contributed by atoms with Gasteiger partial charge in [-0.05, 0) is 53.6 Å². The van der Waals surface area contributed by atoms with Gasteiger partial charge in [0.1, 0.15) is 18.1 Å². The Morgan fingerprint density at radius 1 is 0.821 bits per heavy atom. The van der Waals surface area contributed by atoms with E-state index in [0.29, 0.717) is 11.6 Å². The highest BCUT2D eigenvalue weighted by Gasteiger charge is 2.23. The minimum absolute atomic E-state index is 0.239. The van der Waals surface area contributed by atoms with Crippen LogP contribution in [0.5, 0.6) is 11.5 Å². The summed E-state index contributed by atoms with van der Waals surface area (Å²) in [4.78, 5) is 4.98. The minimum atomic E-state index is 0.239. The number of rotatable bonds is 2. The van der Waals surface area contributed by atoms with Gasteiger partial charge in [0, 0.05) is 21.7 Å². The largest absolute Gasteiger partial charge is 0.508 e. The minimum Gasteiger partial charge on any atom is -0.508 e. The molecule has 4 aromatic rings. The first-order chi connectivity index (χ1) is 13.7. The van der Waals surface area contributed by atoms with E-state index in [1.165, 1.54) is 0 Å². The van der Waals surface area contributed by atoms with Crippen molar-refractivity contribution in [1.82, 2.24) is 4.98 Å². The molecule has 0 radical (unpaired) electrons. The summed E-state index contributed by atoms with van der Waals surface area (Å²) in [5.41, 5.74) is 6.78. The Morgan fingerprint density at radius 2 is 1.64 bits per heavy atom. The van der Waals surface area contributed by atoms with Gasteiger partial charge in [-0.25, -0.2) is 4.98 Å². The van der Waals surface area contributed by atoms with E-state index in [-0.39, 0.29) is 5.75 Å². The summed E-state index contributed by atoms with van der Waals surface area (Å²) >= 11 is 6.22. The predicted molar refractivity (Wildman–Crippen MR) is 112 cm³/mol. The van der Waals surface area contributed by atoms with Crippen LogP contribution in [0, 0.1) is 0 Å². The molecule has 0 saturated carbocycles. The normalized spacial score (nSPS) is 12.0. The zero-order chi connectivity index (χ0) is 19.1. The van der Waals surface area contributed by atoms with Gasteiger partial charge in [0.05, 0.1) is 11.4 Å². The lowest BCUT2D eigenvalue weighted by molar-refractivity contribution is 0.302. The molecular weight excluding hydrogens is 370 g/mol. The Kier molecular flexibility index (Phi) is 4.03. The van der Waals surface area contributed by atoms with E-state index in [1.54, 1.807) is 12.1 Å². The van der Waals surface area contributed by atoms with Crippen LogP contribution in [0.1, 0.15) is 5.56 Å². The van der Waals surface area contributed by atoms with E-state index in [0.717, 1.165) is 45.0 Å². The van der Waals surface area contributed by atoms with E-state index in [4.69, 9.17) is 21.3 Å². The molecule has 3 nitrogen and oxygen atoms in total. The molecule has 1 aromatic heterocycles. The SMILES string of the molecule is Oc1ccc(-c2cc(-c3cccc(Cl)c3)nc3c2COc2ccccc2-3)cc1.